The van der Waals surface area contributed by atoms with E-state index in [1.807, 2.05) is 12.1 Å². The summed E-state index contributed by atoms with van der Waals surface area (Å²) in [7, 11) is 1.61. The molecule has 0 aliphatic rings. The van der Waals surface area contributed by atoms with Crippen LogP contribution in [-0.2, 0) is 0 Å². The Morgan fingerprint density at radius 1 is 1.44 bits per heavy atom. The van der Waals surface area contributed by atoms with E-state index < -0.39 is 0 Å². The van der Waals surface area contributed by atoms with Crippen LogP contribution in [-0.4, -0.2) is 17.1 Å². The molecule has 0 aliphatic heterocycles. The largest absolute Gasteiger partial charge is 0.494 e. The standard InChI is InChI=1S/C11H7N2O2S/c1-14-10-7(11-12-4-5-15-11)2-3-8-9(10)13-6-16-8/h2-5H,1H3. The lowest BCUT2D eigenvalue weighted by Crippen LogP contribution is -1.89. The molecule has 0 spiro atoms. The lowest BCUT2D eigenvalue weighted by atomic mass is 10.2. The number of thiazole rings is 1. The van der Waals surface area contributed by atoms with Crippen molar-refractivity contribution in [1.29, 1.82) is 0 Å². The molecule has 3 aromatic rings. The first-order valence-corrected chi connectivity index (χ1v) is 5.45. The van der Waals surface area contributed by atoms with Crippen LogP contribution in [0.25, 0.3) is 21.7 Å². The quantitative estimate of drug-likeness (QED) is 0.680. The van der Waals surface area contributed by atoms with Gasteiger partial charge in [0.05, 0.1) is 23.6 Å². The fourth-order valence-electron chi connectivity index (χ4n) is 1.59. The van der Waals surface area contributed by atoms with Gasteiger partial charge in [0, 0.05) is 0 Å². The van der Waals surface area contributed by atoms with Gasteiger partial charge in [-0.05, 0) is 12.1 Å². The van der Waals surface area contributed by atoms with Gasteiger partial charge in [-0.15, -0.1) is 11.3 Å². The minimum Gasteiger partial charge on any atom is -0.494 e. The molecular weight excluding hydrogens is 224 g/mol. The molecule has 2 aromatic heterocycles. The molecule has 3 rings (SSSR count). The number of benzene rings is 1. The molecule has 0 aliphatic carbocycles. The van der Waals surface area contributed by atoms with Crippen LogP contribution in [0.2, 0.25) is 0 Å². The summed E-state index contributed by atoms with van der Waals surface area (Å²) in [6.07, 6.45) is 3.14. The summed E-state index contributed by atoms with van der Waals surface area (Å²) in [5, 5.41) is 0. The van der Waals surface area contributed by atoms with E-state index in [9.17, 15) is 0 Å². The first-order chi connectivity index (χ1) is 7.90. The average Bonchev–Trinajstić information content (AvgIpc) is 2.97. The third-order valence-corrected chi connectivity index (χ3v) is 3.01. The topological polar surface area (TPSA) is 48.2 Å². The van der Waals surface area contributed by atoms with E-state index in [1.165, 1.54) is 17.6 Å². The van der Waals surface area contributed by atoms with Crippen LogP contribution >= 0.6 is 11.3 Å². The van der Waals surface area contributed by atoms with Gasteiger partial charge in [0.25, 0.3) is 0 Å². The number of aromatic nitrogens is 2. The van der Waals surface area contributed by atoms with E-state index >= 15 is 0 Å². The predicted molar refractivity (Wildman–Crippen MR) is 60.5 cm³/mol. The van der Waals surface area contributed by atoms with Gasteiger partial charge in [-0.1, -0.05) is 0 Å². The second-order valence-corrected chi connectivity index (χ2v) is 3.96. The Morgan fingerprint density at radius 2 is 2.38 bits per heavy atom. The van der Waals surface area contributed by atoms with Crippen molar-refractivity contribution in [2.45, 2.75) is 0 Å². The summed E-state index contributed by atoms with van der Waals surface area (Å²) in [5.41, 5.74) is 4.45. The van der Waals surface area contributed by atoms with Gasteiger partial charge in [-0.3, -0.25) is 0 Å². The molecule has 0 unspecified atom stereocenters. The zero-order valence-electron chi connectivity index (χ0n) is 8.43. The molecule has 0 atom stereocenters. The normalized spacial score (nSPS) is 10.8. The molecular formula is C11H7N2O2S. The molecule has 0 saturated carbocycles. The van der Waals surface area contributed by atoms with Crippen molar-refractivity contribution in [2.75, 3.05) is 7.11 Å². The van der Waals surface area contributed by atoms with Crippen LogP contribution in [0.3, 0.4) is 0 Å². The zero-order chi connectivity index (χ0) is 11.0. The van der Waals surface area contributed by atoms with Crippen LogP contribution in [0, 0.1) is 5.51 Å². The smallest absolute Gasteiger partial charge is 0.229 e. The lowest BCUT2D eigenvalue weighted by molar-refractivity contribution is 0.418. The summed E-state index contributed by atoms with van der Waals surface area (Å²) in [5.74, 6) is 1.21. The molecule has 1 radical (unpaired) electrons. The molecule has 1 aromatic carbocycles. The van der Waals surface area contributed by atoms with Crippen LogP contribution in [0.4, 0.5) is 0 Å². The van der Waals surface area contributed by atoms with Gasteiger partial charge in [0.15, 0.2) is 11.3 Å². The Bertz CT molecular complexity index is 616. The van der Waals surface area contributed by atoms with E-state index in [0.717, 1.165) is 15.8 Å². The first-order valence-electron chi connectivity index (χ1n) is 4.63. The molecule has 16 heavy (non-hydrogen) atoms. The number of rotatable bonds is 2. The van der Waals surface area contributed by atoms with Crippen molar-refractivity contribution in [3.63, 3.8) is 0 Å². The number of methoxy groups -OCH3 is 1. The van der Waals surface area contributed by atoms with Crippen molar-refractivity contribution in [1.82, 2.24) is 9.97 Å². The van der Waals surface area contributed by atoms with Crippen molar-refractivity contribution in [2.24, 2.45) is 0 Å². The number of fused-ring (bicyclic) bond motifs is 1. The Labute approximate surface area is 95.5 Å². The Morgan fingerprint density at radius 3 is 3.12 bits per heavy atom. The second kappa shape index (κ2) is 3.61. The number of nitrogens with zero attached hydrogens (tertiary/aromatic N) is 2. The van der Waals surface area contributed by atoms with E-state index in [0.29, 0.717) is 11.6 Å². The average molecular weight is 231 g/mol. The molecule has 4 nitrogen and oxygen atoms in total. The molecule has 0 bridgehead atoms. The number of hydrogen-bond acceptors (Lipinski definition) is 5. The van der Waals surface area contributed by atoms with Crippen molar-refractivity contribution in [3.05, 3.63) is 30.1 Å². The molecule has 0 N–H and O–H groups in total. The second-order valence-electron chi connectivity index (χ2n) is 3.14. The summed E-state index contributed by atoms with van der Waals surface area (Å²) in [6.45, 7) is 0. The van der Waals surface area contributed by atoms with Gasteiger partial charge >= 0.3 is 0 Å². The van der Waals surface area contributed by atoms with Crippen molar-refractivity contribution >= 4 is 21.6 Å². The van der Waals surface area contributed by atoms with Crippen molar-refractivity contribution < 1.29 is 9.15 Å². The molecule has 5 heteroatoms. The first kappa shape index (κ1) is 9.35. The molecule has 0 saturated heterocycles. The fraction of sp³-hybridized carbons (Fsp3) is 0.0909. The maximum absolute atomic E-state index is 5.36. The maximum atomic E-state index is 5.36. The van der Waals surface area contributed by atoms with Crippen LogP contribution in [0.15, 0.2) is 29.0 Å². The highest BCUT2D eigenvalue weighted by molar-refractivity contribution is 7.16. The summed E-state index contributed by atoms with van der Waals surface area (Å²) in [6, 6.07) is 3.88. The van der Waals surface area contributed by atoms with Gasteiger partial charge in [0.2, 0.25) is 5.89 Å². The highest BCUT2D eigenvalue weighted by Gasteiger charge is 2.14. The van der Waals surface area contributed by atoms with Crippen LogP contribution in [0.5, 0.6) is 5.75 Å². The van der Waals surface area contributed by atoms with E-state index in [-0.39, 0.29) is 0 Å². The fourth-order valence-corrected chi connectivity index (χ4v) is 2.20. The van der Waals surface area contributed by atoms with Gasteiger partial charge < -0.3 is 9.15 Å². The SMILES string of the molecule is COc1c(-c2ncco2)ccc2s[c]nc12. The maximum Gasteiger partial charge on any atom is 0.229 e. The van der Waals surface area contributed by atoms with E-state index in [4.69, 9.17) is 9.15 Å². The lowest BCUT2D eigenvalue weighted by Gasteiger charge is -2.05. The number of oxazole rings is 1. The monoisotopic (exact) mass is 231 g/mol. The summed E-state index contributed by atoms with van der Waals surface area (Å²) < 4.78 is 11.7. The molecule has 0 amide bonds. The van der Waals surface area contributed by atoms with Crippen LogP contribution in [0.1, 0.15) is 0 Å². The third kappa shape index (κ3) is 1.29. The minimum absolute atomic E-state index is 0.534. The Kier molecular flexibility index (Phi) is 2.11. The predicted octanol–water partition coefficient (Wildman–Crippen LogP) is 2.76. The zero-order valence-corrected chi connectivity index (χ0v) is 9.25. The Balaban J connectivity index is 2.32. The Hall–Kier alpha value is -1.88. The van der Waals surface area contributed by atoms with Gasteiger partial charge in [-0.25, -0.2) is 9.97 Å². The van der Waals surface area contributed by atoms with Crippen molar-refractivity contribution in [3.8, 4) is 17.2 Å². The molecule has 0 fully saturated rings. The number of ether oxygens (including phenoxy) is 1. The highest BCUT2D eigenvalue weighted by Crippen LogP contribution is 2.36. The molecule has 2 heterocycles. The number of hydrogen-bond donors (Lipinski definition) is 0. The van der Waals surface area contributed by atoms with Gasteiger partial charge in [0.1, 0.15) is 11.8 Å². The third-order valence-electron chi connectivity index (χ3n) is 2.27. The van der Waals surface area contributed by atoms with E-state index in [1.54, 1.807) is 13.3 Å². The van der Waals surface area contributed by atoms with E-state index in [2.05, 4.69) is 15.5 Å². The highest BCUT2D eigenvalue weighted by atomic mass is 32.1. The summed E-state index contributed by atoms with van der Waals surface area (Å²) in [4.78, 5) is 8.26. The van der Waals surface area contributed by atoms with Gasteiger partial charge in [-0.2, -0.15) is 0 Å². The molecule has 79 valence electrons. The summed E-state index contributed by atoms with van der Waals surface area (Å²) >= 11 is 1.46. The van der Waals surface area contributed by atoms with Crippen LogP contribution < -0.4 is 4.74 Å². The minimum atomic E-state index is 0.534.